The maximum absolute atomic E-state index is 12.0. The van der Waals surface area contributed by atoms with Crippen LogP contribution in [0.25, 0.3) is 0 Å². The number of halogens is 3. The number of hydrogen-bond acceptors (Lipinski definition) is 0. The smallest absolute Gasteiger partial charge is 0.412 e. The van der Waals surface area contributed by atoms with Gasteiger partial charge in [-0.05, 0) is 0 Å². The van der Waals surface area contributed by atoms with Gasteiger partial charge < -0.3 is 11.0 Å². The zero-order valence-electron chi connectivity index (χ0n) is 6.52. The van der Waals surface area contributed by atoms with Gasteiger partial charge in [-0.2, -0.15) is 13.2 Å². The summed E-state index contributed by atoms with van der Waals surface area (Å²) in [7, 11) is 5.09. The van der Waals surface area contributed by atoms with Crippen molar-refractivity contribution in [3.63, 3.8) is 0 Å². The molecule has 0 aliphatic heterocycles. The highest BCUT2D eigenvalue weighted by Gasteiger charge is 2.31. The molecular weight excluding hydrogens is 184 g/mol. The molecule has 1 rings (SSSR count). The summed E-state index contributed by atoms with van der Waals surface area (Å²) in [6, 6.07) is 4.95. The lowest BCUT2D eigenvalue weighted by Gasteiger charge is -2.08. The molecule has 13 heavy (non-hydrogen) atoms. The van der Waals surface area contributed by atoms with E-state index in [9.17, 15) is 13.2 Å². The van der Waals surface area contributed by atoms with Crippen LogP contribution in [0.1, 0.15) is 5.56 Å². The minimum atomic E-state index is -4.34. The van der Waals surface area contributed by atoms with Crippen LogP contribution in [0.15, 0.2) is 24.3 Å². The molecular formula is C7H8BF3O2. The Labute approximate surface area is 74.4 Å². The lowest BCUT2D eigenvalue weighted by molar-refractivity contribution is -0.136. The van der Waals surface area contributed by atoms with Gasteiger partial charge in [0.05, 0.1) is 0 Å². The number of rotatable bonds is 0. The second-order valence-corrected chi connectivity index (χ2v) is 2.09. The van der Waals surface area contributed by atoms with E-state index in [4.69, 9.17) is 7.85 Å². The number of alkyl halides is 3. The summed E-state index contributed by atoms with van der Waals surface area (Å²) < 4.78 is 35.9. The van der Waals surface area contributed by atoms with Gasteiger partial charge in [0, 0.05) is 5.56 Å². The third-order valence-electron chi connectivity index (χ3n) is 1.27. The highest BCUT2D eigenvalue weighted by atomic mass is 19.4. The first-order valence-corrected chi connectivity index (χ1v) is 2.93. The Morgan fingerprint density at radius 1 is 1.00 bits per heavy atom. The SMILES string of the molecule is O.O.[B]c1ccccc1C(F)(F)F. The molecule has 4 N–H and O–H groups in total. The fourth-order valence-corrected chi connectivity index (χ4v) is 0.755. The van der Waals surface area contributed by atoms with Crippen molar-refractivity contribution in [2.24, 2.45) is 0 Å². The van der Waals surface area contributed by atoms with Gasteiger partial charge in [-0.25, -0.2) is 0 Å². The van der Waals surface area contributed by atoms with Crippen molar-refractivity contribution in [3.05, 3.63) is 29.8 Å². The van der Waals surface area contributed by atoms with Crippen molar-refractivity contribution in [1.29, 1.82) is 0 Å². The molecule has 0 aliphatic rings. The fraction of sp³-hybridized carbons (Fsp3) is 0.143. The fourth-order valence-electron chi connectivity index (χ4n) is 0.755. The summed E-state index contributed by atoms with van der Waals surface area (Å²) in [6.07, 6.45) is -4.34. The third kappa shape index (κ3) is 3.48. The van der Waals surface area contributed by atoms with E-state index in [1.807, 2.05) is 0 Å². The van der Waals surface area contributed by atoms with E-state index in [1.54, 1.807) is 0 Å². The Morgan fingerprint density at radius 2 is 1.46 bits per heavy atom. The second kappa shape index (κ2) is 4.88. The first-order valence-electron chi connectivity index (χ1n) is 2.93. The van der Waals surface area contributed by atoms with Crippen LogP contribution in [0.3, 0.4) is 0 Å². The summed E-state index contributed by atoms with van der Waals surface area (Å²) in [5.74, 6) is 0. The predicted octanol–water partition coefficient (Wildman–Crippen LogP) is -0.150. The molecule has 0 heterocycles. The van der Waals surface area contributed by atoms with E-state index in [-0.39, 0.29) is 16.4 Å². The van der Waals surface area contributed by atoms with Gasteiger partial charge in [0.15, 0.2) is 0 Å². The molecule has 0 saturated carbocycles. The molecule has 0 bridgehead atoms. The van der Waals surface area contributed by atoms with E-state index in [1.165, 1.54) is 18.2 Å². The Morgan fingerprint density at radius 3 is 1.77 bits per heavy atom. The average Bonchev–Trinajstić information content (AvgIpc) is 1.86. The Balaban J connectivity index is 0. The van der Waals surface area contributed by atoms with Crippen LogP contribution in [0.2, 0.25) is 0 Å². The number of benzene rings is 1. The molecule has 6 heteroatoms. The van der Waals surface area contributed by atoms with Crippen LogP contribution < -0.4 is 5.46 Å². The van der Waals surface area contributed by atoms with Gasteiger partial charge in [-0.3, -0.25) is 0 Å². The first kappa shape index (κ1) is 14.5. The van der Waals surface area contributed by atoms with E-state index >= 15 is 0 Å². The van der Waals surface area contributed by atoms with Crippen molar-refractivity contribution >= 4 is 13.3 Å². The summed E-state index contributed by atoms with van der Waals surface area (Å²) in [5, 5.41) is 0. The number of hydrogen-bond donors (Lipinski definition) is 0. The van der Waals surface area contributed by atoms with Crippen LogP contribution >= 0.6 is 0 Å². The van der Waals surface area contributed by atoms with Gasteiger partial charge in [-0.15, -0.1) is 0 Å². The Bertz CT molecular complexity index is 262. The van der Waals surface area contributed by atoms with Crippen molar-refractivity contribution in [2.75, 3.05) is 0 Å². The molecule has 72 valence electrons. The minimum absolute atomic E-state index is 0. The molecule has 0 fully saturated rings. The highest BCUT2D eigenvalue weighted by Crippen LogP contribution is 2.26. The molecule has 2 radical (unpaired) electrons. The maximum atomic E-state index is 12.0. The van der Waals surface area contributed by atoms with Crippen molar-refractivity contribution < 1.29 is 24.1 Å². The van der Waals surface area contributed by atoms with Crippen LogP contribution in [0.5, 0.6) is 0 Å². The summed E-state index contributed by atoms with van der Waals surface area (Å²) in [4.78, 5) is 0. The van der Waals surface area contributed by atoms with Gasteiger partial charge >= 0.3 is 6.18 Å². The lowest BCUT2D eigenvalue weighted by Crippen LogP contribution is -2.18. The third-order valence-corrected chi connectivity index (χ3v) is 1.27. The molecule has 0 unspecified atom stereocenters. The van der Waals surface area contributed by atoms with Gasteiger partial charge in [0.1, 0.15) is 7.85 Å². The molecule has 1 aromatic carbocycles. The molecule has 1 aromatic rings. The molecule has 2 nitrogen and oxygen atoms in total. The quantitative estimate of drug-likeness (QED) is 0.513. The molecule has 0 saturated heterocycles. The van der Waals surface area contributed by atoms with Crippen molar-refractivity contribution in [2.45, 2.75) is 6.18 Å². The summed E-state index contributed by atoms with van der Waals surface area (Å²) in [5.41, 5.74) is -1.01. The highest BCUT2D eigenvalue weighted by molar-refractivity contribution is 6.33. The topological polar surface area (TPSA) is 63.0 Å². The van der Waals surface area contributed by atoms with Crippen molar-refractivity contribution in [3.8, 4) is 0 Å². The van der Waals surface area contributed by atoms with Gasteiger partial charge in [0.25, 0.3) is 0 Å². The van der Waals surface area contributed by atoms with E-state index in [0.717, 1.165) is 6.07 Å². The standard InChI is InChI=1S/C7H4BF3.2H2O/c8-6-4-2-1-3-5(6)7(9,10)11;;/h1-4H;2*1H2. The van der Waals surface area contributed by atoms with Crippen LogP contribution in [0.4, 0.5) is 13.2 Å². The normalized spacial score (nSPS) is 9.77. The van der Waals surface area contributed by atoms with Gasteiger partial charge in [0.2, 0.25) is 0 Å². The van der Waals surface area contributed by atoms with E-state index < -0.39 is 11.7 Å². The zero-order valence-corrected chi connectivity index (χ0v) is 6.52. The maximum Gasteiger partial charge on any atom is 0.415 e. The van der Waals surface area contributed by atoms with E-state index in [0.29, 0.717) is 0 Å². The summed E-state index contributed by atoms with van der Waals surface area (Å²) >= 11 is 0. The van der Waals surface area contributed by atoms with Crippen LogP contribution in [-0.4, -0.2) is 18.8 Å². The second-order valence-electron chi connectivity index (χ2n) is 2.09. The van der Waals surface area contributed by atoms with E-state index in [2.05, 4.69) is 0 Å². The Hall–Kier alpha value is -1.01. The average molecular weight is 192 g/mol. The predicted molar refractivity (Wildman–Crippen MR) is 44.1 cm³/mol. The molecule has 0 aliphatic carbocycles. The van der Waals surface area contributed by atoms with Crippen molar-refractivity contribution in [1.82, 2.24) is 0 Å². The molecule has 0 aromatic heterocycles. The van der Waals surface area contributed by atoms with Crippen LogP contribution in [-0.2, 0) is 6.18 Å². The zero-order chi connectivity index (χ0) is 8.48. The summed E-state index contributed by atoms with van der Waals surface area (Å²) in [6.45, 7) is 0. The molecule has 0 spiro atoms. The van der Waals surface area contributed by atoms with Gasteiger partial charge in [-0.1, -0.05) is 29.7 Å². The molecule has 0 atom stereocenters. The minimum Gasteiger partial charge on any atom is -0.412 e. The van der Waals surface area contributed by atoms with Crippen LogP contribution in [0, 0.1) is 0 Å². The monoisotopic (exact) mass is 192 g/mol. The largest absolute Gasteiger partial charge is 0.415 e. The molecule has 0 amide bonds. The Kier molecular flexibility index (Phi) is 5.45. The lowest BCUT2D eigenvalue weighted by atomic mass is 9.90. The first-order chi connectivity index (χ1) is 5.02.